The van der Waals surface area contributed by atoms with Crippen LogP contribution in [0, 0.1) is 0 Å². The number of halogens is 3. The molecule has 5 nitrogen and oxygen atoms in total. The first-order valence-corrected chi connectivity index (χ1v) is 8.09. The van der Waals surface area contributed by atoms with Gasteiger partial charge in [-0.15, -0.1) is 0 Å². The van der Waals surface area contributed by atoms with Gasteiger partial charge in [0.2, 0.25) is 10.0 Å². The molecule has 0 heterocycles. The SMILES string of the molecule is CCCC(NS(=O)(=O)Cc1cccc(C(F)(F)F)c1)C(=O)O. The molecule has 1 unspecified atom stereocenters. The molecule has 0 amide bonds. The Labute approximate surface area is 126 Å². The topological polar surface area (TPSA) is 83.5 Å². The molecule has 0 aliphatic carbocycles. The van der Waals surface area contributed by atoms with Crippen molar-refractivity contribution in [2.75, 3.05) is 0 Å². The average molecular weight is 339 g/mol. The molecule has 1 aromatic rings. The Balaban J connectivity index is 2.91. The Morgan fingerprint density at radius 1 is 1.36 bits per heavy atom. The maximum atomic E-state index is 12.6. The number of carbonyl (C=O) groups is 1. The van der Waals surface area contributed by atoms with Crippen LogP contribution in [0.4, 0.5) is 13.2 Å². The highest BCUT2D eigenvalue weighted by atomic mass is 32.2. The van der Waals surface area contributed by atoms with Crippen LogP contribution in [0.1, 0.15) is 30.9 Å². The van der Waals surface area contributed by atoms with Gasteiger partial charge in [0.25, 0.3) is 0 Å². The lowest BCUT2D eigenvalue weighted by molar-refractivity contribution is -0.139. The Kier molecular flexibility index (Phi) is 5.95. The fourth-order valence-corrected chi connectivity index (χ4v) is 3.19. The molecule has 1 atom stereocenters. The summed E-state index contributed by atoms with van der Waals surface area (Å²) in [7, 11) is -4.06. The molecule has 0 aliphatic heterocycles. The molecule has 0 aromatic heterocycles. The lowest BCUT2D eigenvalue weighted by Crippen LogP contribution is -2.41. The second-order valence-electron chi connectivity index (χ2n) is 4.75. The van der Waals surface area contributed by atoms with Crippen molar-refractivity contribution in [3.8, 4) is 0 Å². The lowest BCUT2D eigenvalue weighted by Gasteiger charge is -2.14. The Bertz CT molecular complexity index is 628. The molecule has 0 fully saturated rings. The van der Waals surface area contributed by atoms with E-state index in [2.05, 4.69) is 0 Å². The van der Waals surface area contributed by atoms with Crippen molar-refractivity contribution in [1.29, 1.82) is 0 Å². The van der Waals surface area contributed by atoms with Gasteiger partial charge in [-0.25, -0.2) is 13.1 Å². The van der Waals surface area contributed by atoms with Gasteiger partial charge < -0.3 is 5.11 Å². The van der Waals surface area contributed by atoms with Crippen LogP contribution >= 0.6 is 0 Å². The number of hydrogen-bond acceptors (Lipinski definition) is 3. The first-order valence-electron chi connectivity index (χ1n) is 6.44. The highest BCUT2D eigenvalue weighted by Crippen LogP contribution is 2.29. The summed E-state index contributed by atoms with van der Waals surface area (Å²) < 4.78 is 63.5. The standard InChI is InChI=1S/C13H16F3NO4S/c1-2-4-11(12(18)19)17-22(20,21)8-9-5-3-6-10(7-9)13(14,15)16/h3,5-7,11,17H,2,4,8H2,1H3,(H,18,19). The minimum atomic E-state index is -4.57. The van der Waals surface area contributed by atoms with Gasteiger partial charge in [-0.2, -0.15) is 13.2 Å². The number of sulfonamides is 1. The van der Waals surface area contributed by atoms with E-state index in [0.717, 1.165) is 18.2 Å². The fourth-order valence-electron chi connectivity index (χ4n) is 1.84. The highest BCUT2D eigenvalue weighted by Gasteiger charge is 2.31. The number of benzene rings is 1. The van der Waals surface area contributed by atoms with E-state index in [9.17, 15) is 26.4 Å². The predicted molar refractivity (Wildman–Crippen MR) is 73.5 cm³/mol. The van der Waals surface area contributed by atoms with Crippen molar-refractivity contribution >= 4 is 16.0 Å². The van der Waals surface area contributed by atoms with Crippen LogP contribution in [0.5, 0.6) is 0 Å². The van der Waals surface area contributed by atoms with Gasteiger partial charge in [-0.05, 0) is 18.1 Å². The molecule has 0 spiro atoms. The quantitative estimate of drug-likeness (QED) is 0.799. The average Bonchev–Trinajstić information content (AvgIpc) is 2.36. The summed E-state index contributed by atoms with van der Waals surface area (Å²) in [5, 5.41) is 8.91. The predicted octanol–water partition coefficient (Wildman–Crippen LogP) is 2.38. The normalized spacial score (nSPS) is 13.8. The smallest absolute Gasteiger partial charge is 0.416 e. The largest absolute Gasteiger partial charge is 0.480 e. The minimum Gasteiger partial charge on any atom is -0.480 e. The van der Waals surface area contributed by atoms with E-state index in [0.29, 0.717) is 6.42 Å². The summed E-state index contributed by atoms with van der Waals surface area (Å²) >= 11 is 0. The molecular formula is C13H16F3NO4S. The number of nitrogens with one attached hydrogen (secondary N) is 1. The molecule has 0 radical (unpaired) electrons. The summed E-state index contributed by atoms with van der Waals surface area (Å²) in [6.07, 6.45) is -4.03. The summed E-state index contributed by atoms with van der Waals surface area (Å²) in [6, 6.07) is 2.62. The minimum absolute atomic E-state index is 0.0667. The monoisotopic (exact) mass is 339 g/mol. The maximum Gasteiger partial charge on any atom is 0.416 e. The number of rotatable bonds is 7. The lowest BCUT2D eigenvalue weighted by atomic mass is 10.1. The third kappa shape index (κ3) is 5.64. The Morgan fingerprint density at radius 3 is 2.50 bits per heavy atom. The van der Waals surface area contributed by atoms with E-state index in [4.69, 9.17) is 5.11 Å². The summed E-state index contributed by atoms with van der Waals surface area (Å²) in [4.78, 5) is 10.9. The van der Waals surface area contributed by atoms with Gasteiger partial charge in [0, 0.05) is 0 Å². The van der Waals surface area contributed by atoms with Gasteiger partial charge in [-0.1, -0.05) is 31.5 Å². The van der Waals surface area contributed by atoms with E-state index in [1.54, 1.807) is 6.92 Å². The zero-order chi connectivity index (χ0) is 17.0. The van der Waals surface area contributed by atoms with E-state index >= 15 is 0 Å². The molecule has 22 heavy (non-hydrogen) atoms. The molecule has 0 saturated carbocycles. The van der Waals surface area contributed by atoms with Crippen LogP contribution in [-0.2, 0) is 26.7 Å². The van der Waals surface area contributed by atoms with E-state index in [1.165, 1.54) is 6.07 Å². The number of aliphatic carboxylic acids is 1. The van der Waals surface area contributed by atoms with Crippen molar-refractivity contribution in [2.45, 2.75) is 37.7 Å². The first kappa shape index (κ1) is 18.4. The molecule has 1 rings (SSSR count). The van der Waals surface area contributed by atoms with Crippen LogP contribution in [0.15, 0.2) is 24.3 Å². The summed E-state index contributed by atoms with van der Waals surface area (Å²) in [6.45, 7) is 1.69. The fraction of sp³-hybridized carbons (Fsp3) is 0.462. The van der Waals surface area contributed by atoms with Crippen molar-refractivity contribution < 1.29 is 31.5 Å². The zero-order valence-corrected chi connectivity index (χ0v) is 12.5. The van der Waals surface area contributed by atoms with Gasteiger partial charge in [0.05, 0.1) is 11.3 Å². The van der Waals surface area contributed by atoms with Crippen LogP contribution in [0.3, 0.4) is 0 Å². The van der Waals surface area contributed by atoms with Gasteiger partial charge in [0.15, 0.2) is 0 Å². The summed E-state index contributed by atoms with van der Waals surface area (Å²) in [5.74, 6) is -2.04. The molecular weight excluding hydrogens is 323 g/mol. The van der Waals surface area contributed by atoms with Crippen molar-refractivity contribution in [2.24, 2.45) is 0 Å². The highest BCUT2D eigenvalue weighted by molar-refractivity contribution is 7.88. The second kappa shape index (κ2) is 7.10. The molecule has 0 bridgehead atoms. The van der Waals surface area contributed by atoms with Crippen LogP contribution < -0.4 is 4.72 Å². The van der Waals surface area contributed by atoms with Gasteiger partial charge in [0.1, 0.15) is 6.04 Å². The van der Waals surface area contributed by atoms with Crippen molar-refractivity contribution in [3.63, 3.8) is 0 Å². The molecule has 0 saturated heterocycles. The second-order valence-corrected chi connectivity index (χ2v) is 6.51. The molecule has 1 aromatic carbocycles. The molecule has 124 valence electrons. The van der Waals surface area contributed by atoms with Crippen molar-refractivity contribution in [3.05, 3.63) is 35.4 Å². The summed E-state index contributed by atoms with van der Waals surface area (Å²) in [5.41, 5.74) is -1.02. The van der Waals surface area contributed by atoms with E-state index < -0.39 is 39.5 Å². The first-order chi connectivity index (χ1) is 10.0. The molecule has 0 aliphatic rings. The van der Waals surface area contributed by atoms with Gasteiger partial charge >= 0.3 is 12.1 Å². The van der Waals surface area contributed by atoms with Crippen LogP contribution in [0.25, 0.3) is 0 Å². The molecule has 2 N–H and O–H groups in total. The van der Waals surface area contributed by atoms with Crippen molar-refractivity contribution in [1.82, 2.24) is 4.72 Å². The number of carboxylic acid groups (broad SMARTS) is 1. The number of hydrogen-bond donors (Lipinski definition) is 2. The van der Waals surface area contributed by atoms with Gasteiger partial charge in [-0.3, -0.25) is 4.79 Å². The Morgan fingerprint density at radius 2 is 2.00 bits per heavy atom. The third-order valence-corrected chi connectivity index (χ3v) is 4.17. The maximum absolute atomic E-state index is 12.6. The number of alkyl halides is 3. The zero-order valence-electron chi connectivity index (χ0n) is 11.7. The van der Waals surface area contributed by atoms with Crippen LogP contribution in [0.2, 0.25) is 0 Å². The van der Waals surface area contributed by atoms with E-state index in [1.807, 2.05) is 4.72 Å². The molecule has 9 heteroatoms. The number of carboxylic acids is 1. The third-order valence-electron chi connectivity index (χ3n) is 2.81. The van der Waals surface area contributed by atoms with E-state index in [-0.39, 0.29) is 12.0 Å². The van der Waals surface area contributed by atoms with Crippen LogP contribution in [-0.4, -0.2) is 25.5 Å². The Hall–Kier alpha value is -1.61.